The molecule has 1 aromatic carbocycles. The molecule has 1 N–H and O–H groups in total. The van der Waals surface area contributed by atoms with Gasteiger partial charge in [-0.05, 0) is 52.9 Å². The van der Waals surface area contributed by atoms with Crippen LogP contribution in [0.2, 0.25) is 0 Å². The number of anilines is 1. The molecule has 3 heterocycles. The molecule has 0 spiro atoms. The number of thiophene rings is 2. The summed E-state index contributed by atoms with van der Waals surface area (Å²) in [5.41, 5.74) is 3.07. The molecule has 4 nitrogen and oxygen atoms in total. The quantitative estimate of drug-likeness (QED) is 0.689. The molecule has 3 aromatic rings. The predicted molar refractivity (Wildman–Crippen MR) is 110 cm³/mol. The van der Waals surface area contributed by atoms with Gasteiger partial charge in [0.25, 0.3) is 0 Å². The molecule has 6 heteroatoms. The van der Waals surface area contributed by atoms with Gasteiger partial charge in [-0.2, -0.15) is 11.3 Å². The highest BCUT2D eigenvalue weighted by Crippen LogP contribution is 2.43. The first kappa shape index (κ1) is 17.9. The monoisotopic (exact) mass is 396 g/mol. The van der Waals surface area contributed by atoms with Crippen LogP contribution in [0, 0.1) is 12.8 Å². The lowest BCUT2D eigenvalue weighted by molar-refractivity contribution is -0.126. The van der Waals surface area contributed by atoms with Crippen LogP contribution in [0.4, 0.5) is 5.69 Å². The van der Waals surface area contributed by atoms with E-state index in [-0.39, 0.29) is 24.3 Å². The molecular formula is C21H20N2O2S2. The average molecular weight is 397 g/mol. The number of nitrogens with zero attached hydrogens (tertiary/aromatic N) is 1. The van der Waals surface area contributed by atoms with Crippen LogP contribution in [0.3, 0.4) is 0 Å². The number of benzene rings is 1. The molecule has 1 fully saturated rings. The van der Waals surface area contributed by atoms with Gasteiger partial charge in [-0.3, -0.25) is 9.59 Å². The standard InChI is InChI=1S/C21H20N2O2S2/c1-14-4-6-16(7-5-14)23-19(24)11-17(20(23)18-3-2-9-27-18)21(25)22-12-15-8-10-26-13-15/h2-10,13,17,20H,11-12H2,1H3,(H,22,25). The van der Waals surface area contributed by atoms with E-state index in [2.05, 4.69) is 5.32 Å². The van der Waals surface area contributed by atoms with Gasteiger partial charge in [0.15, 0.2) is 0 Å². The summed E-state index contributed by atoms with van der Waals surface area (Å²) in [5, 5.41) is 9.02. The van der Waals surface area contributed by atoms with E-state index in [0.29, 0.717) is 6.54 Å². The Morgan fingerprint density at radius 3 is 2.67 bits per heavy atom. The maximum Gasteiger partial charge on any atom is 0.228 e. The highest BCUT2D eigenvalue weighted by atomic mass is 32.1. The fraction of sp³-hybridized carbons (Fsp3) is 0.238. The van der Waals surface area contributed by atoms with E-state index in [9.17, 15) is 9.59 Å². The average Bonchev–Trinajstić information content (AvgIpc) is 3.41. The number of carbonyl (C=O) groups excluding carboxylic acids is 2. The largest absolute Gasteiger partial charge is 0.352 e. The van der Waals surface area contributed by atoms with Crippen LogP contribution >= 0.6 is 22.7 Å². The van der Waals surface area contributed by atoms with Crippen molar-refractivity contribution in [1.29, 1.82) is 0 Å². The molecule has 2 amide bonds. The van der Waals surface area contributed by atoms with Crippen molar-refractivity contribution in [3.8, 4) is 0 Å². The van der Waals surface area contributed by atoms with Crippen LogP contribution in [0.5, 0.6) is 0 Å². The lowest BCUT2D eigenvalue weighted by Crippen LogP contribution is -2.35. The summed E-state index contributed by atoms with van der Waals surface area (Å²) in [6.07, 6.45) is 0.228. The number of carbonyl (C=O) groups is 2. The molecule has 0 saturated carbocycles. The molecule has 4 rings (SSSR count). The second-order valence-corrected chi connectivity index (χ2v) is 8.48. The van der Waals surface area contributed by atoms with E-state index < -0.39 is 5.92 Å². The fourth-order valence-electron chi connectivity index (χ4n) is 3.48. The van der Waals surface area contributed by atoms with E-state index in [1.165, 1.54) is 0 Å². The summed E-state index contributed by atoms with van der Waals surface area (Å²) in [4.78, 5) is 28.6. The minimum absolute atomic E-state index is 0.00654. The van der Waals surface area contributed by atoms with Crippen LogP contribution in [0.15, 0.2) is 58.6 Å². The smallest absolute Gasteiger partial charge is 0.228 e. The summed E-state index contributed by atoms with van der Waals surface area (Å²) >= 11 is 3.20. The van der Waals surface area contributed by atoms with Crippen molar-refractivity contribution in [2.75, 3.05) is 4.90 Å². The first-order valence-corrected chi connectivity index (χ1v) is 10.7. The summed E-state index contributed by atoms with van der Waals surface area (Å²) in [7, 11) is 0. The summed E-state index contributed by atoms with van der Waals surface area (Å²) < 4.78 is 0. The lowest BCUT2D eigenvalue weighted by atomic mass is 9.97. The van der Waals surface area contributed by atoms with Crippen molar-refractivity contribution in [1.82, 2.24) is 5.32 Å². The Kier molecular flexibility index (Phi) is 5.09. The Bertz CT molecular complexity index is 918. The molecule has 1 aliphatic heterocycles. The Labute approximate surface area is 166 Å². The Morgan fingerprint density at radius 1 is 1.19 bits per heavy atom. The molecule has 1 aliphatic rings. The number of hydrogen-bond acceptors (Lipinski definition) is 4. The van der Waals surface area contributed by atoms with E-state index in [1.807, 2.05) is 65.5 Å². The molecule has 138 valence electrons. The van der Waals surface area contributed by atoms with Crippen LogP contribution in [-0.2, 0) is 16.1 Å². The molecule has 2 unspecified atom stereocenters. The van der Waals surface area contributed by atoms with Crippen molar-refractivity contribution < 1.29 is 9.59 Å². The van der Waals surface area contributed by atoms with Gasteiger partial charge in [-0.1, -0.05) is 23.8 Å². The third-order valence-electron chi connectivity index (χ3n) is 4.85. The SMILES string of the molecule is Cc1ccc(N2C(=O)CC(C(=O)NCc3ccsc3)C2c2cccs2)cc1. The van der Waals surface area contributed by atoms with Gasteiger partial charge in [0.2, 0.25) is 11.8 Å². The van der Waals surface area contributed by atoms with E-state index in [1.54, 1.807) is 27.6 Å². The third-order valence-corrected chi connectivity index (χ3v) is 6.53. The zero-order chi connectivity index (χ0) is 18.8. The van der Waals surface area contributed by atoms with E-state index >= 15 is 0 Å². The maximum absolute atomic E-state index is 12.9. The van der Waals surface area contributed by atoms with Crippen LogP contribution in [-0.4, -0.2) is 11.8 Å². The number of aryl methyl sites for hydroxylation is 1. The summed E-state index contributed by atoms with van der Waals surface area (Å²) in [6, 6.07) is 13.6. The topological polar surface area (TPSA) is 49.4 Å². The second-order valence-electron chi connectivity index (χ2n) is 6.72. The first-order valence-electron chi connectivity index (χ1n) is 8.84. The van der Waals surface area contributed by atoms with E-state index in [4.69, 9.17) is 0 Å². The molecule has 1 saturated heterocycles. The molecule has 2 aromatic heterocycles. The lowest BCUT2D eigenvalue weighted by Gasteiger charge is -2.27. The predicted octanol–water partition coefficient (Wildman–Crippen LogP) is 4.53. The third kappa shape index (κ3) is 3.68. The maximum atomic E-state index is 12.9. The van der Waals surface area contributed by atoms with Crippen molar-refractivity contribution in [3.63, 3.8) is 0 Å². The van der Waals surface area contributed by atoms with Crippen molar-refractivity contribution in [2.45, 2.75) is 25.9 Å². The highest BCUT2D eigenvalue weighted by Gasteiger charge is 2.45. The van der Waals surface area contributed by atoms with Gasteiger partial charge in [0.1, 0.15) is 0 Å². The Balaban J connectivity index is 1.62. The molecule has 0 bridgehead atoms. The fourth-order valence-corrected chi connectivity index (χ4v) is 5.03. The van der Waals surface area contributed by atoms with Crippen LogP contribution in [0.1, 0.15) is 28.5 Å². The summed E-state index contributed by atoms with van der Waals surface area (Å²) in [6.45, 7) is 2.52. The van der Waals surface area contributed by atoms with Gasteiger partial charge < -0.3 is 10.2 Å². The van der Waals surface area contributed by atoms with Gasteiger partial charge in [0, 0.05) is 23.5 Å². The van der Waals surface area contributed by atoms with Gasteiger partial charge in [-0.15, -0.1) is 11.3 Å². The van der Waals surface area contributed by atoms with E-state index in [0.717, 1.165) is 21.7 Å². The highest BCUT2D eigenvalue weighted by molar-refractivity contribution is 7.10. The van der Waals surface area contributed by atoms with Crippen molar-refractivity contribution >= 4 is 40.2 Å². The van der Waals surface area contributed by atoms with Crippen molar-refractivity contribution in [3.05, 3.63) is 74.6 Å². The zero-order valence-corrected chi connectivity index (χ0v) is 16.6. The number of nitrogens with one attached hydrogen (secondary N) is 1. The number of amides is 2. The zero-order valence-electron chi connectivity index (χ0n) is 14.9. The molecular weight excluding hydrogens is 376 g/mol. The van der Waals surface area contributed by atoms with Crippen LogP contribution in [0.25, 0.3) is 0 Å². The molecule has 0 radical (unpaired) electrons. The minimum Gasteiger partial charge on any atom is -0.352 e. The minimum atomic E-state index is -0.393. The number of rotatable bonds is 5. The summed E-state index contributed by atoms with van der Waals surface area (Å²) in [5.74, 6) is -0.466. The second kappa shape index (κ2) is 7.66. The Morgan fingerprint density at radius 2 is 2.00 bits per heavy atom. The van der Waals surface area contributed by atoms with Gasteiger partial charge in [-0.25, -0.2) is 0 Å². The molecule has 27 heavy (non-hydrogen) atoms. The van der Waals surface area contributed by atoms with Gasteiger partial charge in [0.05, 0.1) is 12.0 Å². The van der Waals surface area contributed by atoms with Gasteiger partial charge >= 0.3 is 0 Å². The Hall–Kier alpha value is -2.44. The molecule has 2 atom stereocenters. The van der Waals surface area contributed by atoms with Crippen LogP contribution < -0.4 is 10.2 Å². The molecule has 0 aliphatic carbocycles. The first-order chi connectivity index (χ1) is 13.1. The normalized spacial score (nSPS) is 19.4. The van der Waals surface area contributed by atoms with Crippen molar-refractivity contribution in [2.24, 2.45) is 5.92 Å². The number of hydrogen-bond donors (Lipinski definition) is 1.